The van der Waals surface area contributed by atoms with Crippen LogP contribution in [0.5, 0.6) is 0 Å². The second-order valence-electron chi connectivity index (χ2n) is 5.93. The predicted molar refractivity (Wildman–Crippen MR) is 70.6 cm³/mol. The fraction of sp³-hybridized carbons (Fsp3) is 0.769. The third-order valence-electron chi connectivity index (χ3n) is 4.42. The molecule has 2 aliphatic heterocycles. The number of nitrogens with one attached hydrogen (secondary N) is 1. The van der Waals surface area contributed by atoms with Gasteiger partial charge >= 0.3 is 6.18 Å². The number of carbonyl (C=O) groups is 1. The zero-order valence-corrected chi connectivity index (χ0v) is 12.2. The van der Waals surface area contributed by atoms with Crippen LogP contribution in [0.15, 0.2) is 0 Å². The summed E-state index contributed by atoms with van der Waals surface area (Å²) in [6.45, 7) is 4.05. The van der Waals surface area contributed by atoms with Crippen LogP contribution in [0, 0.1) is 11.8 Å². The lowest BCUT2D eigenvalue weighted by Crippen LogP contribution is -2.47. The van der Waals surface area contributed by atoms with Crippen molar-refractivity contribution in [2.75, 3.05) is 19.6 Å². The molecule has 0 bridgehead atoms. The van der Waals surface area contributed by atoms with Crippen LogP contribution in [0.3, 0.4) is 0 Å². The standard InChI is InChI=1S/C13H18F3N5O/c1-8-6-17-3-2-9(8)11(22)20-4-5-21-10(7-20)18-19-12(21)13(14,15)16/h8-9,17H,2-7H2,1H3/t8?,9-/m0/s1. The average molecular weight is 317 g/mol. The molecule has 1 unspecified atom stereocenters. The number of amides is 1. The number of hydrogen-bond donors (Lipinski definition) is 1. The first-order valence-corrected chi connectivity index (χ1v) is 7.36. The molecule has 3 rings (SSSR count). The quantitative estimate of drug-likeness (QED) is 0.835. The Morgan fingerprint density at radius 3 is 2.77 bits per heavy atom. The Balaban J connectivity index is 1.74. The summed E-state index contributed by atoms with van der Waals surface area (Å²) < 4.78 is 39.5. The van der Waals surface area contributed by atoms with Gasteiger partial charge in [-0.1, -0.05) is 6.92 Å². The Hall–Kier alpha value is -1.64. The van der Waals surface area contributed by atoms with E-state index in [2.05, 4.69) is 15.5 Å². The van der Waals surface area contributed by atoms with Crippen LogP contribution in [0.1, 0.15) is 25.0 Å². The maximum Gasteiger partial charge on any atom is 0.451 e. The maximum absolute atomic E-state index is 12.8. The van der Waals surface area contributed by atoms with Crippen LogP contribution in [0.2, 0.25) is 0 Å². The van der Waals surface area contributed by atoms with Gasteiger partial charge in [0.1, 0.15) is 0 Å². The first-order valence-electron chi connectivity index (χ1n) is 7.36. The largest absolute Gasteiger partial charge is 0.451 e. The first-order chi connectivity index (χ1) is 10.4. The van der Waals surface area contributed by atoms with Gasteiger partial charge in [-0.15, -0.1) is 10.2 Å². The topological polar surface area (TPSA) is 63.1 Å². The van der Waals surface area contributed by atoms with Crippen molar-refractivity contribution in [1.29, 1.82) is 0 Å². The van der Waals surface area contributed by atoms with Crippen LogP contribution < -0.4 is 5.32 Å². The monoisotopic (exact) mass is 317 g/mol. The molecule has 0 saturated carbocycles. The van der Waals surface area contributed by atoms with E-state index in [1.165, 1.54) is 0 Å². The summed E-state index contributed by atoms with van der Waals surface area (Å²) >= 11 is 0. The van der Waals surface area contributed by atoms with Crippen molar-refractivity contribution in [3.8, 4) is 0 Å². The molecule has 1 amide bonds. The molecule has 1 aromatic heterocycles. The van der Waals surface area contributed by atoms with Crippen LogP contribution in [-0.2, 0) is 24.1 Å². The minimum absolute atomic E-state index is 0.0109. The Kier molecular flexibility index (Phi) is 3.84. The molecular weight excluding hydrogens is 299 g/mol. The van der Waals surface area contributed by atoms with E-state index in [4.69, 9.17) is 0 Å². The third-order valence-corrected chi connectivity index (χ3v) is 4.42. The third kappa shape index (κ3) is 2.69. The molecular formula is C13H18F3N5O. The van der Waals surface area contributed by atoms with Gasteiger partial charge in [0.15, 0.2) is 5.82 Å². The van der Waals surface area contributed by atoms with Crippen LogP contribution in [0.25, 0.3) is 0 Å². The van der Waals surface area contributed by atoms with Gasteiger partial charge in [0.25, 0.3) is 0 Å². The fourth-order valence-corrected chi connectivity index (χ4v) is 3.17. The number of hydrogen-bond acceptors (Lipinski definition) is 4. The lowest BCUT2D eigenvalue weighted by Gasteiger charge is -2.35. The van der Waals surface area contributed by atoms with Gasteiger partial charge in [0.05, 0.1) is 6.54 Å². The smallest absolute Gasteiger partial charge is 0.333 e. The average Bonchev–Trinajstić information content (AvgIpc) is 2.90. The number of carbonyl (C=O) groups excluding carboxylic acids is 1. The van der Waals surface area contributed by atoms with Crippen molar-refractivity contribution >= 4 is 5.91 Å². The van der Waals surface area contributed by atoms with Gasteiger partial charge in [-0.05, 0) is 25.4 Å². The molecule has 6 nitrogen and oxygen atoms in total. The molecule has 2 aliphatic rings. The minimum atomic E-state index is -4.51. The van der Waals surface area contributed by atoms with Crippen LogP contribution in [-0.4, -0.2) is 45.2 Å². The molecule has 22 heavy (non-hydrogen) atoms. The molecule has 1 aromatic rings. The van der Waals surface area contributed by atoms with E-state index in [1.54, 1.807) is 4.90 Å². The fourth-order valence-electron chi connectivity index (χ4n) is 3.17. The second kappa shape index (κ2) is 5.53. The number of alkyl halides is 3. The molecule has 3 heterocycles. The van der Waals surface area contributed by atoms with Crippen molar-refractivity contribution in [2.45, 2.75) is 32.6 Å². The highest BCUT2D eigenvalue weighted by molar-refractivity contribution is 5.79. The summed E-state index contributed by atoms with van der Waals surface area (Å²) in [5.41, 5.74) is 0. The number of piperidine rings is 1. The van der Waals surface area contributed by atoms with E-state index >= 15 is 0 Å². The molecule has 122 valence electrons. The Labute approximate surface area is 125 Å². The number of aromatic nitrogens is 3. The zero-order valence-electron chi connectivity index (χ0n) is 12.2. The van der Waals surface area contributed by atoms with E-state index in [0.29, 0.717) is 0 Å². The van der Waals surface area contributed by atoms with Gasteiger partial charge in [-0.25, -0.2) is 0 Å². The second-order valence-corrected chi connectivity index (χ2v) is 5.93. The van der Waals surface area contributed by atoms with Gasteiger partial charge in [-0.2, -0.15) is 13.2 Å². The summed E-state index contributed by atoms with van der Waals surface area (Å²) in [5.74, 6) is -0.611. The van der Waals surface area contributed by atoms with Crippen LogP contribution in [0.4, 0.5) is 13.2 Å². The van der Waals surface area contributed by atoms with Crippen molar-refractivity contribution < 1.29 is 18.0 Å². The Bertz CT molecular complexity index is 571. The molecule has 0 aliphatic carbocycles. The summed E-state index contributed by atoms with van der Waals surface area (Å²) in [7, 11) is 0. The molecule has 9 heteroatoms. The van der Waals surface area contributed by atoms with Crippen molar-refractivity contribution in [2.24, 2.45) is 11.8 Å². The molecule has 0 radical (unpaired) electrons. The highest BCUT2D eigenvalue weighted by atomic mass is 19.4. The normalized spacial score (nSPS) is 25.9. The Morgan fingerprint density at radius 2 is 2.09 bits per heavy atom. The van der Waals surface area contributed by atoms with Crippen LogP contribution >= 0.6 is 0 Å². The highest BCUT2D eigenvalue weighted by Gasteiger charge is 2.40. The van der Waals surface area contributed by atoms with E-state index in [0.717, 1.165) is 24.1 Å². The molecule has 0 spiro atoms. The highest BCUT2D eigenvalue weighted by Crippen LogP contribution is 2.30. The van der Waals surface area contributed by atoms with Gasteiger partial charge < -0.3 is 14.8 Å². The number of nitrogens with zero attached hydrogens (tertiary/aromatic N) is 4. The first kappa shape index (κ1) is 15.3. The maximum atomic E-state index is 12.8. The summed E-state index contributed by atoms with van der Waals surface area (Å²) in [6.07, 6.45) is -3.75. The van der Waals surface area contributed by atoms with Crippen molar-refractivity contribution in [3.63, 3.8) is 0 Å². The zero-order chi connectivity index (χ0) is 15.9. The van der Waals surface area contributed by atoms with E-state index in [9.17, 15) is 18.0 Å². The lowest BCUT2D eigenvalue weighted by atomic mass is 9.86. The minimum Gasteiger partial charge on any atom is -0.333 e. The summed E-state index contributed by atoms with van der Waals surface area (Å²) in [5, 5.41) is 10.1. The number of fused-ring (bicyclic) bond motifs is 1. The Morgan fingerprint density at radius 1 is 1.32 bits per heavy atom. The molecule has 1 fully saturated rings. The van der Waals surface area contributed by atoms with E-state index in [1.807, 2.05) is 6.92 Å². The van der Waals surface area contributed by atoms with Crippen molar-refractivity contribution in [3.05, 3.63) is 11.6 Å². The SMILES string of the molecule is CC1CNCC[C@@H]1C(=O)N1CCn2c(nnc2C(F)(F)F)C1. The van der Waals surface area contributed by atoms with Gasteiger partial charge in [0, 0.05) is 19.0 Å². The lowest BCUT2D eigenvalue weighted by molar-refractivity contribution is -0.148. The predicted octanol–water partition coefficient (Wildman–Crippen LogP) is 0.885. The molecule has 1 saturated heterocycles. The summed E-state index contributed by atoms with van der Waals surface area (Å²) in [6, 6.07) is 0. The number of halogens is 3. The summed E-state index contributed by atoms with van der Waals surface area (Å²) in [4.78, 5) is 14.2. The number of rotatable bonds is 1. The van der Waals surface area contributed by atoms with E-state index < -0.39 is 12.0 Å². The van der Waals surface area contributed by atoms with Gasteiger partial charge in [0.2, 0.25) is 11.7 Å². The van der Waals surface area contributed by atoms with Crippen molar-refractivity contribution in [1.82, 2.24) is 25.0 Å². The molecule has 1 N–H and O–H groups in total. The molecule has 2 atom stereocenters. The van der Waals surface area contributed by atoms with Gasteiger partial charge in [-0.3, -0.25) is 4.79 Å². The molecule has 0 aromatic carbocycles. The van der Waals surface area contributed by atoms with E-state index in [-0.39, 0.29) is 43.2 Å².